The Morgan fingerprint density at radius 3 is 2.65 bits per heavy atom. The summed E-state index contributed by atoms with van der Waals surface area (Å²) in [6.45, 7) is 2.40. The van der Waals surface area contributed by atoms with Crippen molar-refractivity contribution in [3.8, 4) is 0 Å². The number of likely N-dealkylation sites (tertiary alicyclic amines) is 1. The third-order valence-electron chi connectivity index (χ3n) is 6.49. The summed E-state index contributed by atoms with van der Waals surface area (Å²) in [5, 5.41) is 2.92. The zero-order valence-corrected chi connectivity index (χ0v) is 17.4. The lowest BCUT2D eigenvalue weighted by molar-refractivity contribution is -0.151. The van der Waals surface area contributed by atoms with Crippen LogP contribution < -0.4 is 5.32 Å². The lowest BCUT2D eigenvalue weighted by Crippen LogP contribution is -2.45. The van der Waals surface area contributed by atoms with Crippen LogP contribution in [0, 0.1) is 5.41 Å². The number of nitrogens with one attached hydrogen (secondary N) is 1. The smallest absolute Gasteiger partial charge is 0.312 e. The molecule has 31 heavy (non-hydrogen) atoms. The number of ether oxygens (including phenoxy) is 1. The van der Waals surface area contributed by atoms with Crippen LogP contribution in [0.2, 0.25) is 0 Å². The first-order valence-electron chi connectivity index (χ1n) is 10.8. The predicted octanol–water partition coefficient (Wildman–Crippen LogP) is 3.07. The first-order chi connectivity index (χ1) is 15.1. The van der Waals surface area contributed by atoms with Gasteiger partial charge in [0, 0.05) is 12.1 Å². The Hall–Kier alpha value is -3.19. The highest BCUT2D eigenvalue weighted by molar-refractivity contribution is 5.92. The molecule has 7 nitrogen and oxygen atoms in total. The number of nitrogens with zero attached hydrogens (tertiary/aromatic N) is 3. The van der Waals surface area contributed by atoms with E-state index in [0.717, 1.165) is 49.1 Å². The molecule has 5 rings (SSSR count). The monoisotopic (exact) mass is 418 g/mol. The summed E-state index contributed by atoms with van der Waals surface area (Å²) in [6.07, 6.45) is 3.86. The van der Waals surface area contributed by atoms with Gasteiger partial charge in [0.2, 0.25) is 5.91 Å². The van der Waals surface area contributed by atoms with Crippen LogP contribution in [-0.2, 0) is 20.9 Å². The fourth-order valence-corrected chi connectivity index (χ4v) is 4.79. The van der Waals surface area contributed by atoms with E-state index in [2.05, 4.69) is 19.8 Å². The van der Waals surface area contributed by atoms with Gasteiger partial charge < -0.3 is 14.6 Å². The van der Waals surface area contributed by atoms with Crippen LogP contribution in [0.3, 0.4) is 0 Å². The van der Waals surface area contributed by atoms with Crippen molar-refractivity contribution in [1.29, 1.82) is 0 Å². The average molecular weight is 418 g/mol. The number of fused-ring (bicyclic) bond motifs is 1. The topological polar surface area (TPSA) is 76.5 Å². The molecule has 1 unspecified atom stereocenters. The lowest BCUT2D eigenvalue weighted by Gasteiger charge is -2.36. The van der Waals surface area contributed by atoms with E-state index in [0.29, 0.717) is 13.1 Å². The number of imidazole rings is 1. The quantitative estimate of drug-likeness (QED) is 0.645. The minimum Gasteiger partial charge on any atom is -0.460 e. The number of benzene rings is 2. The van der Waals surface area contributed by atoms with E-state index in [9.17, 15) is 9.59 Å². The van der Waals surface area contributed by atoms with Crippen molar-refractivity contribution in [2.24, 2.45) is 5.41 Å². The van der Waals surface area contributed by atoms with E-state index in [1.165, 1.54) is 0 Å². The van der Waals surface area contributed by atoms with Crippen LogP contribution >= 0.6 is 0 Å². The Labute approximate surface area is 181 Å². The summed E-state index contributed by atoms with van der Waals surface area (Å²) < 4.78 is 7.85. The van der Waals surface area contributed by atoms with Gasteiger partial charge in [-0.25, -0.2) is 4.98 Å². The number of piperidine rings is 1. The summed E-state index contributed by atoms with van der Waals surface area (Å²) in [5.41, 5.74) is 2.38. The van der Waals surface area contributed by atoms with Crippen LogP contribution in [0.4, 0.5) is 5.69 Å². The highest BCUT2D eigenvalue weighted by atomic mass is 16.6. The molecule has 1 aromatic heterocycles. The van der Waals surface area contributed by atoms with Crippen LogP contribution in [-0.4, -0.2) is 52.1 Å². The molecule has 0 aliphatic carbocycles. The molecule has 2 aliphatic heterocycles. The minimum absolute atomic E-state index is 0.0268. The maximum Gasteiger partial charge on any atom is 0.312 e. The van der Waals surface area contributed by atoms with Crippen molar-refractivity contribution in [3.05, 3.63) is 60.9 Å². The highest BCUT2D eigenvalue weighted by Crippen LogP contribution is 2.43. The van der Waals surface area contributed by atoms with Gasteiger partial charge >= 0.3 is 5.97 Å². The molecule has 1 spiro atoms. The normalized spacial score (nSPS) is 20.8. The zero-order chi connectivity index (χ0) is 21.3. The number of carbonyl (C=O) groups is 2. The summed E-state index contributed by atoms with van der Waals surface area (Å²) in [4.78, 5) is 31.7. The number of para-hydroxylation sites is 3. The zero-order valence-electron chi connectivity index (χ0n) is 17.4. The molecule has 2 fully saturated rings. The number of hydrogen-bond donors (Lipinski definition) is 1. The van der Waals surface area contributed by atoms with Gasteiger partial charge in [-0.2, -0.15) is 0 Å². The fourth-order valence-electron chi connectivity index (χ4n) is 4.79. The molecule has 3 heterocycles. The maximum atomic E-state index is 12.8. The molecule has 0 bridgehead atoms. The third kappa shape index (κ3) is 4.05. The van der Waals surface area contributed by atoms with E-state index in [-0.39, 0.29) is 18.0 Å². The molecule has 2 aliphatic rings. The minimum atomic E-state index is -0.423. The second-order valence-corrected chi connectivity index (χ2v) is 8.59. The SMILES string of the molecule is O=C(CN1CCC2(CC1)CC(Cn1cnc3ccccc31)OC2=O)Nc1ccccc1. The van der Waals surface area contributed by atoms with Gasteiger partial charge in [0.1, 0.15) is 6.10 Å². The van der Waals surface area contributed by atoms with Gasteiger partial charge in [-0.3, -0.25) is 14.5 Å². The standard InChI is InChI=1S/C24H26N4O3/c29-22(26-18-6-2-1-3-7-18)16-27-12-10-24(11-13-27)14-19(31-23(24)30)15-28-17-25-20-8-4-5-9-21(20)28/h1-9,17,19H,10-16H2,(H,26,29). The van der Waals surface area contributed by atoms with E-state index in [1.807, 2.05) is 60.9 Å². The van der Waals surface area contributed by atoms with Crippen molar-refractivity contribution >= 4 is 28.6 Å². The van der Waals surface area contributed by atoms with E-state index in [1.54, 1.807) is 0 Å². The van der Waals surface area contributed by atoms with Crippen molar-refractivity contribution in [2.75, 3.05) is 25.0 Å². The second-order valence-electron chi connectivity index (χ2n) is 8.59. The van der Waals surface area contributed by atoms with Crippen molar-refractivity contribution in [1.82, 2.24) is 14.5 Å². The largest absolute Gasteiger partial charge is 0.460 e. The number of esters is 1. The van der Waals surface area contributed by atoms with Crippen LogP contribution in [0.15, 0.2) is 60.9 Å². The van der Waals surface area contributed by atoms with E-state index >= 15 is 0 Å². The molecule has 1 amide bonds. The molecule has 1 N–H and O–H groups in total. The average Bonchev–Trinajstić information content (AvgIpc) is 3.32. The number of amides is 1. The predicted molar refractivity (Wildman–Crippen MR) is 117 cm³/mol. The van der Waals surface area contributed by atoms with Crippen molar-refractivity contribution in [2.45, 2.75) is 31.9 Å². The summed E-state index contributed by atoms with van der Waals surface area (Å²) in [6, 6.07) is 17.4. The number of cyclic esters (lactones) is 1. The number of carbonyl (C=O) groups excluding carboxylic acids is 2. The molecule has 2 aromatic carbocycles. The Morgan fingerprint density at radius 1 is 1.10 bits per heavy atom. The fraction of sp³-hybridized carbons (Fsp3) is 0.375. The molecule has 0 radical (unpaired) electrons. The lowest BCUT2D eigenvalue weighted by atomic mass is 9.76. The molecule has 1 atom stereocenters. The molecular weight excluding hydrogens is 392 g/mol. The van der Waals surface area contributed by atoms with Gasteiger partial charge in [0.25, 0.3) is 0 Å². The van der Waals surface area contributed by atoms with Crippen molar-refractivity contribution in [3.63, 3.8) is 0 Å². The van der Waals surface area contributed by atoms with Gasteiger partial charge in [-0.15, -0.1) is 0 Å². The van der Waals surface area contributed by atoms with Gasteiger partial charge in [0.05, 0.1) is 35.9 Å². The van der Waals surface area contributed by atoms with Crippen LogP contribution in [0.5, 0.6) is 0 Å². The molecule has 3 aromatic rings. The van der Waals surface area contributed by atoms with Gasteiger partial charge in [-0.1, -0.05) is 30.3 Å². The number of rotatable bonds is 5. The number of aromatic nitrogens is 2. The van der Waals surface area contributed by atoms with Crippen LogP contribution in [0.1, 0.15) is 19.3 Å². The molecular formula is C24H26N4O3. The van der Waals surface area contributed by atoms with Gasteiger partial charge in [-0.05, 0) is 50.2 Å². The Balaban J connectivity index is 1.16. The molecule has 2 saturated heterocycles. The summed E-state index contributed by atoms with van der Waals surface area (Å²) in [7, 11) is 0. The number of anilines is 1. The van der Waals surface area contributed by atoms with Crippen molar-refractivity contribution < 1.29 is 14.3 Å². The molecule has 7 heteroatoms. The van der Waals surface area contributed by atoms with Gasteiger partial charge in [0.15, 0.2) is 0 Å². The first-order valence-corrected chi connectivity index (χ1v) is 10.8. The van der Waals surface area contributed by atoms with E-state index in [4.69, 9.17) is 4.74 Å². The maximum absolute atomic E-state index is 12.8. The highest BCUT2D eigenvalue weighted by Gasteiger charge is 2.50. The summed E-state index contributed by atoms with van der Waals surface area (Å²) >= 11 is 0. The number of hydrogen-bond acceptors (Lipinski definition) is 5. The van der Waals surface area contributed by atoms with Crippen LogP contribution in [0.25, 0.3) is 11.0 Å². The first kappa shape index (κ1) is 19.8. The van der Waals surface area contributed by atoms with E-state index < -0.39 is 5.41 Å². The Morgan fingerprint density at radius 2 is 1.84 bits per heavy atom. The Kier molecular flexibility index (Phi) is 5.19. The molecule has 0 saturated carbocycles. The second kappa shape index (κ2) is 8.15. The molecule has 160 valence electrons. The Bertz CT molecular complexity index is 1090. The third-order valence-corrected chi connectivity index (χ3v) is 6.49. The summed E-state index contributed by atoms with van der Waals surface area (Å²) in [5.74, 6) is -0.115.